The molecule has 5 heteroatoms. The van der Waals surface area contributed by atoms with E-state index < -0.39 is 5.60 Å². The highest BCUT2D eigenvalue weighted by atomic mass is 79.9. The summed E-state index contributed by atoms with van der Waals surface area (Å²) in [5.74, 6) is 0. The van der Waals surface area contributed by atoms with Gasteiger partial charge in [0.25, 0.3) is 0 Å². The molecule has 2 rings (SSSR count). The predicted molar refractivity (Wildman–Crippen MR) is 68.5 cm³/mol. The predicted octanol–water partition coefficient (Wildman–Crippen LogP) is 2.32. The smallest absolute Gasteiger partial charge is 0.130 e. The summed E-state index contributed by atoms with van der Waals surface area (Å²) < 4.78 is 2.63. The van der Waals surface area contributed by atoms with E-state index in [-0.39, 0.29) is 0 Å². The molecule has 1 atom stereocenters. The van der Waals surface area contributed by atoms with Crippen molar-refractivity contribution < 1.29 is 5.11 Å². The SMILES string of the molecule is CCn1nncc1C(C)(O)c1cccc(Br)c1. The zero-order valence-electron chi connectivity index (χ0n) is 9.76. The second kappa shape index (κ2) is 4.58. The zero-order valence-corrected chi connectivity index (χ0v) is 11.3. The van der Waals surface area contributed by atoms with E-state index in [4.69, 9.17) is 0 Å². The van der Waals surface area contributed by atoms with E-state index in [0.29, 0.717) is 12.2 Å². The molecule has 0 saturated carbocycles. The molecule has 0 fully saturated rings. The number of aromatic nitrogens is 3. The number of aliphatic hydroxyl groups is 1. The molecule has 4 nitrogen and oxygen atoms in total. The number of rotatable bonds is 3. The Labute approximate surface area is 108 Å². The maximum atomic E-state index is 10.7. The van der Waals surface area contributed by atoms with Crippen molar-refractivity contribution in [2.45, 2.75) is 26.0 Å². The van der Waals surface area contributed by atoms with Crippen LogP contribution in [0.4, 0.5) is 0 Å². The maximum Gasteiger partial charge on any atom is 0.130 e. The molecule has 0 amide bonds. The Hall–Kier alpha value is -1.20. The summed E-state index contributed by atoms with van der Waals surface area (Å²) in [6.07, 6.45) is 1.60. The second-order valence-corrected chi connectivity index (χ2v) is 4.93. The minimum Gasteiger partial charge on any atom is -0.379 e. The molecule has 1 aromatic carbocycles. The van der Waals surface area contributed by atoms with Crippen molar-refractivity contribution in [2.24, 2.45) is 0 Å². The number of aryl methyl sites for hydroxylation is 1. The topological polar surface area (TPSA) is 50.9 Å². The Morgan fingerprint density at radius 1 is 1.47 bits per heavy atom. The lowest BCUT2D eigenvalue weighted by atomic mass is 9.93. The van der Waals surface area contributed by atoms with Crippen molar-refractivity contribution in [1.82, 2.24) is 15.0 Å². The van der Waals surface area contributed by atoms with Crippen LogP contribution in [0.2, 0.25) is 0 Å². The molecular weight excluding hydrogens is 282 g/mol. The van der Waals surface area contributed by atoms with Crippen molar-refractivity contribution >= 4 is 15.9 Å². The molecule has 0 saturated heterocycles. The van der Waals surface area contributed by atoms with Gasteiger partial charge in [0.05, 0.1) is 11.9 Å². The van der Waals surface area contributed by atoms with Gasteiger partial charge in [-0.3, -0.25) is 0 Å². The third-order valence-electron chi connectivity index (χ3n) is 2.80. The molecule has 1 unspecified atom stereocenters. The van der Waals surface area contributed by atoms with Crippen LogP contribution in [0.25, 0.3) is 0 Å². The minimum atomic E-state index is -1.09. The minimum absolute atomic E-state index is 0.680. The number of benzene rings is 1. The van der Waals surface area contributed by atoms with Gasteiger partial charge in [-0.05, 0) is 31.5 Å². The lowest BCUT2D eigenvalue weighted by Gasteiger charge is -2.24. The molecule has 0 spiro atoms. The summed E-state index contributed by atoms with van der Waals surface area (Å²) in [5.41, 5.74) is 0.408. The first-order chi connectivity index (χ1) is 8.05. The first-order valence-electron chi connectivity index (χ1n) is 5.43. The largest absolute Gasteiger partial charge is 0.379 e. The molecule has 0 radical (unpaired) electrons. The molecule has 1 N–H and O–H groups in total. The van der Waals surface area contributed by atoms with Gasteiger partial charge < -0.3 is 5.11 Å². The van der Waals surface area contributed by atoms with Crippen LogP contribution in [0, 0.1) is 0 Å². The van der Waals surface area contributed by atoms with Crippen molar-refractivity contribution in [3.05, 3.63) is 46.2 Å². The second-order valence-electron chi connectivity index (χ2n) is 4.02. The average molecular weight is 296 g/mol. The van der Waals surface area contributed by atoms with E-state index in [2.05, 4.69) is 26.2 Å². The number of nitrogens with zero attached hydrogens (tertiary/aromatic N) is 3. The van der Waals surface area contributed by atoms with Gasteiger partial charge in [-0.25, -0.2) is 4.68 Å². The van der Waals surface area contributed by atoms with E-state index in [1.807, 2.05) is 31.2 Å². The summed E-state index contributed by atoms with van der Waals surface area (Å²) in [7, 11) is 0. The molecule has 17 heavy (non-hydrogen) atoms. The van der Waals surface area contributed by atoms with Crippen LogP contribution >= 0.6 is 15.9 Å². The first kappa shape index (κ1) is 12.3. The standard InChI is InChI=1S/C12H14BrN3O/c1-3-16-11(8-14-15-16)12(2,17)9-5-4-6-10(13)7-9/h4-8,17H,3H2,1-2H3. The van der Waals surface area contributed by atoms with E-state index >= 15 is 0 Å². The highest BCUT2D eigenvalue weighted by Gasteiger charge is 2.29. The third-order valence-corrected chi connectivity index (χ3v) is 3.30. The molecule has 0 bridgehead atoms. The molecule has 0 aliphatic carbocycles. The van der Waals surface area contributed by atoms with Crippen LogP contribution in [-0.4, -0.2) is 20.1 Å². The van der Waals surface area contributed by atoms with Crippen LogP contribution in [-0.2, 0) is 12.1 Å². The summed E-state index contributed by atoms with van der Waals surface area (Å²) in [6, 6.07) is 7.60. The Kier molecular flexibility index (Phi) is 3.31. The molecule has 1 aromatic heterocycles. The van der Waals surface area contributed by atoms with Crippen molar-refractivity contribution in [3.63, 3.8) is 0 Å². The fraction of sp³-hybridized carbons (Fsp3) is 0.333. The lowest BCUT2D eigenvalue weighted by Crippen LogP contribution is -2.26. The van der Waals surface area contributed by atoms with Gasteiger partial charge in [-0.15, -0.1) is 5.10 Å². The van der Waals surface area contributed by atoms with E-state index in [1.54, 1.807) is 17.8 Å². The number of halogens is 1. The molecule has 0 aliphatic rings. The van der Waals surface area contributed by atoms with E-state index in [9.17, 15) is 5.11 Å². The molecule has 2 aromatic rings. The Balaban J connectivity index is 2.49. The van der Waals surface area contributed by atoms with Crippen LogP contribution < -0.4 is 0 Å². The van der Waals surface area contributed by atoms with E-state index in [1.165, 1.54) is 0 Å². The van der Waals surface area contributed by atoms with E-state index in [0.717, 1.165) is 10.0 Å². The number of hydrogen-bond acceptors (Lipinski definition) is 3. The number of hydrogen-bond donors (Lipinski definition) is 1. The third kappa shape index (κ3) is 2.25. The highest BCUT2D eigenvalue weighted by Crippen LogP contribution is 2.29. The first-order valence-corrected chi connectivity index (χ1v) is 6.22. The summed E-state index contributed by atoms with van der Waals surface area (Å²) in [4.78, 5) is 0. The Morgan fingerprint density at radius 2 is 2.24 bits per heavy atom. The van der Waals surface area contributed by atoms with Crippen LogP contribution in [0.1, 0.15) is 25.1 Å². The van der Waals surface area contributed by atoms with Gasteiger partial charge in [-0.1, -0.05) is 33.3 Å². The Morgan fingerprint density at radius 3 is 2.88 bits per heavy atom. The molecule has 1 heterocycles. The van der Waals surface area contributed by atoms with Crippen molar-refractivity contribution in [2.75, 3.05) is 0 Å². The summed E-state index contributed by atoms with van der Waals surface area (Å²) in [5, 5.41) is 18.5. The lowest BCUT2D eigenvalue weighted by molar-refractivity contribution is 0.0917. The van der Waals surface area contributed by atoms with Gasteiger partial charge in [0.1, 0.15) is 5.60 Å². The van der Waals surface area contributed by atoms with Gasteiger partial charge in [0.15, 0.2) is 0 Å². The van der Waals surface area contributed by atoms with Gasteiger partial charge in [-0.2, -0.15) is 0 Å². The monoisotopic (exact) mass is 295 g/mol. The molecule has 0 aliphatic heterocycles. The maximum absolute atomic E-state index is 10.7. The average Bonchev–Trinajstić information content (AvgIpc) is 2.77. The zero-order chi connectivity index (χ0) is 12.5. The Bertz CT molecular complexity index is 522. The van der Waals surface area contributed by atoms with Crippen molar-refractivity contribution in [3.8, 4) is 0 Å². The highest BCUT2D eigenvalue weighted by molar-refractivity contribution is 9.10. The fourth-order valence-corrected chi connectivity index (χ4v) is 2.21. The fourth-order valence-electron chi connectivity index (χ4n) is 1.81. The summed E-state index contributed by atoms with van der Waals surface area (Å²) in [6.45, 7) is 4.40. The molecule has 90 valence electrons. The van der Waals surface area contributed by atoms with Gasteiger partial charge in [0, 0.05) is 11.0 Å². The molecular formula is C12H14BrN3O. The van der Waals surface area contributed by atoms with Crippen LogP contribution in [0.5, 0.6) is 0 Å². The quantitative estimate of drug-likeness (QED) is 0.945. The van der Waals surface area contributed by atoms with Crippen molar-refractivity contribution in [1.29, 1.82) is 0 Å². The van der Waals surface area contributed by atoms with Crippen LogP contribution in [0.3, 0.4) is 0 Å². The van der Waals surface area contributed by atoms with Gasteiger partial charge in [0.2, 0.25) is 0 Å². The normalized spacial score (nSPS) is 14.6. The summed E-state index contributed by atoms with van der Waals surface area (Å²) >= 11 is 3.40. The van der Waals surface area contributed by atoms with Crippen LogP contribution in [0.15, 0.2) is 34.9 Å². The van der Waals surface area contributed by atoms with Gasteiger partial charge >= 0.3 is 0 Å².